The number of amides is 2. The van der Waals surface area contributed by atoms with Crippen LogP contribution < -0.4 is 21.1 Å². The molecule has 1 aromatic carbocycles. The van der Waals surface area contributed by atoms with E-state index in [0.717, 1.165) is 5.56 Å². The molecule has 0 saturated carbocycles. The maximum absolute atomic E-state index is 11.7. The van der Waals surface area contributed by atoms with Gasteiger partial charge in [-0.1, -0.05) is 12.1 Å². The number of carbonyl (C=O) groups is 2. The molecule has 21 heavy (non-hydrogen) atoms. The van der Waals surface area contributed by atoms with Crippen molar-refractivity contribution >= 4 is 11.8 Å². The lowest BCUT2D eigenvalue weighted by atomic mass is 10.2. The van der Waals surface area contributed by atoms with Gasteiger partial charge in [0.2, 0.25) is 5.91 Å². The third-order valence-corrected chi connectivity index (χ3v) is 2.74. The highest BCUT2D eigenvalue weighted by Gasteiger charge is 2.12. The fourth-order valence-corrected chi connectivity index (χ4v) is 1.63. The van der Waals surface area contributed by atoms with Gasteiger partial charge in [-0.3, -0.25) is 9.59 Å². The van der Waals surface area contributed by atoms with Gasteiger partial charge in [0.1, 0.15) is 5.75 Å². The zero-order valence-corrected chi connectivity index (χ0v) is 12.7. The molecule has 1 aromatic rings. The second-order valence-electron chi connectivity index (χ2n) is 5.16. The first-order chi connectivity index (χ1) is 9.88. The van der Waals surface area contributed by atoms with Crippen molar-refractivity contribution in [3.05, 3.63) is 29.8 Å². The molecular formula is C15H23N3O3. The normalized spacial score (nSPS) is 12.0. The maximum atomic E-state index is 11.7. The highest BCUT2D eigenvalue weighted by atomic mass is 16.5. The topological polar surface area (TPSA) is 93.4 Å². The molecule has 1 atom stereocenters. The summed E-state index contributed by atoms with van der Waals surface area (Å²) in [6, 6.07) is 7.13. The molecule has 2 amide bonds. The van der Waals surface area contributed by atoms with Gasteiger partial charge < -0.3 is 21.1 Å². The highest BCUT2D eigenvalue weighted by molar-refractivity contribution is 5.81. The number of benzene rings is 1. The Morgan fingerprint density at radius 3 is 2.33 bits per heavy atom. The Balaban J connectivity index is 2.41. The van der Waals surface area contributed by atoms with Crippen LogP contribution in [0.25, 0.3) is 0 Å². The van der Waals surface area contributed by atoms with Crippen molar-refractivity contribution in [2.45, 2.75) is 39.4 Å². The van der Waals surface area contributed by atoms with Gasteiger partial charge in [0, 0.05) is 12.6 Å². The monoisotopic (exact) mass is 293 g/mol. The van der Waals surface area contributed by atoms with E-state index in [4.69, 9.17) is 10.5 Å². The van der Waals surface area contributed by atoms with Crippen molar-refractivity contribution in [1.82, 2.24) is 10.6 Å². The Morgan fingerprint density at radius 1 is 1.19 bits per heavy atom. The van der Waals surface area contributed by atoms with Crippen LogP contribution in [0.15, 0.2) is 24.3 Å². The van der Waals surface area contributed by atoms with Gasteiger partial charge in [0.25, 0.3) is 5.91 Å². The third-order valence-electron chi connectivity index (χ3n) is 2.74. The van der Waals surface area contributed by atoms with Crippen LogP contribution in [0.4, 0.5) is 0 Å². The summed E-state index contributed by atoms with van der Waals surface area (Å²) in [6.07, 6.45) is 0. The lowest BCUT2D eigenvalue weighted by Gasteiger charge is -2.16. The van der Waals surface area contributed by atoms with Crippen molar-refractivity contribution < 1.29 is 14.3 Å². The number of nitrogens with one attached hydrogen (secondary N) is 2. The van der Waals surface area contributed by atoms with Crippen molar-refractivity contribution in [3.63, 3.8) is 0 Å². The van der Waals surface area contributed by atoms with Gasteiger partial charge >= 0.3 is 0 Å². The molecule has 1 unspecified atom stereocenters. The second-order valence-corrected chi connectivity index (χ2v) is 5.16. The van der Waals surface area contributed by atoms with E-state index in [1.54, 1.807) is 12.1 Å². The molecule has 0 aliphatic heterocycles. The van der Waals surface area contributed by atoms with Gasteiger partial charge in [-0.05, 0) is 38.5 Å². The molecule has 6 heteroatoms. The van der Waals surface area contributed by atoms with E-state index in [-0.39, 0.29) is 24.6 Å². The maximum Gasteiger partial charge on any atom is 0.255 e. The highest BCUT2D eigenvalue weighted by Crippen LogP contribution is 2.12. The molecule has 0 heterocycles. The number of hydrogen-bond donors (Lipinski definition) is 3. The average molecular weight is 293 g/mol. The van der Waals surface area contributed by atoms with Gasteiger partial charge in [0.15, 0.2) is 6.61 Å². The first-order valence-corrected chi connectivity index (χ1v) is 6.92. The molecule has 0 radical (unpaired) electrons. The summed E-state index contributed by atoms with van der Waals surface area (Å²) < 4.78 is 5.17. The summed E-state index contributed by atoms with van der Waals surface area (Å²) >= 11 is 0. The van der Waals surface area contributed by atoms with Crippen LogP contribution in [0.3, 0.4) is 0 Å². The number of ether oxygens (including phenoxy) is 1. The lowest BCUT2D eigenvalue weighted by molar-refractivity contribution is -0.123. The van der Waals surface area contributed by atoms with Crippen LogP contribution >= 0.6 is 0 Å². The SMILES string of the molecule is CC(C)NC(=O)C(C)NCc1ccc(OCC(N)=O)cc1. The van der Waals surface area contributed by atoms with Crippen LogP contribution in [0.2, 0.25) is 0 Å². The largest absolute Gasteiger partial charge is 0.484 e. The summed E-state index contributed by atoms with van der Waals surface area (Å²) in [5.74, 6) is 0.0558. The van der Waals surface area contributed by atoms with Crippen molar-refractivity contribution in [2.75, 3.05) is 6.61 Å². The van der Waals surface area contributed by atoms with E-state index >= 15 is 0 Å². The second kappa shape index (κ2) is 8.26. The first kappa shape index (κ1) is 17.0. The van der Waals surface area contributed by atoms with Gasteiger partial charge in [-0.25, -0.2) is 0 Å². The minimum Gasteiger partial charge on any atom is -0.484 e. The molecular weight excluding hydrogens is 270 g/mol. The Hall–Kier alpha value is -2.08. The van der Waals surface area contributed by atoms with E-state index in [9.17, 15) is 9.59 Å². The quantitative estimate of drug-likeness (QED) is 0.652. The number of primary amides is 1. The minimum absolute atomic E-state index is 0.0218. The van der Waals surface area contributed by atoms with E-state index in [1.807, 2.05) is 32.9 Å². The van der Waals surface area contributed by atoms with Crippen LogP contribution in [0.5, 0.6) is 5.75 Å². The third kappa shape index (κ3) is 6.76. The molecule has 1 rings (SSSR count). The smallest absolute Gasteiger partial charge is 0.255 e. The summed E-state index contributed by atoms with van der Waals surface area (Å²) in [5, 5.41) is 6.00. The molecule has 0 aromatic heterocycles. The summed E-state index contributed by atoms with van der Waals surface area (Å²) in [6.45, 7) is 6.11. The summed E-state index contributed by atoms with van der Waals surface area (Å²) in [4.78, 5) is 22.3. The predicted molar refractivity (Wildman–Crippen MR) is 80.7 cm³/mol. The van der Waals surface area contributed by atoms with Gasteiger partial charge in [-0.15, -0.1) is 0 Å². The lowest BCUT2D eigenvalue weighted by Crippen LogP contribution is -2.44. The van der Waals surface area contributed by atoms with E-state index in [0.29, 0.717) is 12.3 Å². The number of hydrogen-bond acceptors (Lipinski definition) is 4. The Labute approximate surface area is 125 Å². The standard InChI is InChI=1S/C15H23N3O3/c1-10(2)18-15(20)11(3)17-8-12-4-6-13(7-5-12)21-9-14(16)19/h4-7,10-11,17H,8-9H2,1-3H3,(H2,16,19)(H,18,20). The molecule has 0 aliphatic carbocycles. The molecule has 0 aliphatic rings. The predicted octanol–water partition coefficient (Wildman–Crippen LogP) is 0.553. The molecule has 4 N–H and O–H groups in total. The molecule has 0 saturated heterocycles. The van der Waals surface area contributed by atoms with Gasteiger partial charge in [0.05, 0.1) is 6.04 Å². The molecule has 0 fully saturated rings. The fourth-order valence-electron chi connectivity index (χ4n) is 1.63. The summed E-state index contributed by atoms with van der Waals surface area (Å²) in [7, 11) is 0. The average Bonchev–Trinajstić information content (AvgIpc) is 2.42. The van der Waals surface area contributed by atoms with E-state index < -0.39 is 5.91 Å². The fraction of sp³-hybridized carbons (Fsp3) is 0.467. The van der Waals surface area contributed by atoms with Crippen LogP contribution in [0, 0.1) is 0 Å². The Kier molecular flexibility index (Phi) is 6.68. The van der Waals surface area contributed by atoms with Crippen molar-refractivity contribution in [2.24, 2.45) is 5.73 Å². The van der Waals surface area contributed by atoms with Crippen LogP contribution in [-0.4, -0.2) is 30.5 Å². The Morgan fingerprint density at radius 2 is 1.81 bits per heavy atom. The summed E-state index contributed by atoms with van der Waals surface area (Å²) in [5.41, 5.74) is 6.02. The van der Waals surface area contributed by atoms with Crippen LogP contribution in [-0.2, 0) is 16.1 Å². The van der Waals surface area contributed by atoms with Crippen LogP contribution in [0.1, 0.15) is 26.3 Å². The van der Waals surface area contributed by atoms with E-state index in [2.05, 4.69) is 10.6 Å². The number of carbonyl (C=O) groups excluding carboxylic acids is 2. The zero-order chi connectivity index (χ0) is 15.8. The first-order valence-electron chi connectivity index (χ1n) is 6.92. The molecule has 0 bridgehead atoms. The molecule has 6 nitrogen and oxygen atoms in total. The minimum atomic E-state index is -0.509. The van der Waals surface area contributed by atoms with Gasteiger partial charge in [-0.2, -0.15) is 0 Å². The number of rotatable bonds is 8. The molecule has 0 spiro atoms. The van der Waals surface area contributed by atoms with E-state index in [1.165, 1.54) is 0 Å². The van der Waals surface area contributed by atoms with Crippen molar-refractivity contribution in [1.29, 1.82) is 0 Å². The zero-order valence-electron chi connectivity index (χ0n) is 12.7. The van der Waals surface area contributed by atoms with Crippen molar-refractivity contribution in [3.8, 4) is 5.75 Å². The molecule has 116 valence electrons. The Bertz CT molecular complexity index is 472. The number of nitrogens with two attached hydrogens (primary N) is 1.